The summed E-state index contributed by atoms with van der Waals surface area (Å²) < 4.78 is 0. The van der Waals surface area contributed by atoms with Crippen LogP contribution in [0.5, 0.6) is 5.75 Å². The van der Waals surface area contributed by atoms with Crippen molar-refractivity contribution in [3.8, 4) is 5.75 Å². The molecule has 0 saturated heterocycles. The van der Waals surface area contributed by atoms with Crippen molar-refractivity contribution in [3.63, 3.8) is 0 Å². The molecule has 3 nitrogen and oxygen atoms in total. The van der Waals surface area contributed by atoms with Crippen LogP contribution in [0.25, 0.3) is 0 Å². The summed E-state index contributed by atoms with van der Waals surface area (Å²) in [6, 6.07) is 3.86. The van der Waals surface area contributed by atoms with Gasteiger partial charge < -0.3 is 10.2 Å². The van der Waals surface area contributed by atoms with Crippen LogP contribution in [0.1, 0.15) is 64.7 Å². The second-order valence-corrected chi connectivity index (χ2v) is 9.48. The van der Waals surface area contributed by atoms with Crippen LogP contribution >= 0.6 is 0 Å². The molecule has 0 amide bonds. The minimum absolute atomic E-state index is 0.243. The van der Waals surface area contributed by atoms with Gasteiger partial charge in [-0.1, -0.05) is 53.7 Å². The Morgan fingerprint density at radius 3 is 1.68 bits per heavy atom. The van der Waals surface area contributed by atoms with Crippen molar-refractivity contribution in [3.05, 3.63) is 49.6 Å². The molecule has 1 unspecified atom stereocenters. The first kappa shape index (κ1) is 21.5. The van der Waals surface area contributed by atoms with Crippen LogP contribution in [-0.4, -0.2) is 16.2 Å². The molecular weight excluding hydrogens is 312 g/mol. The smallest absolute Gasteiger partial charge is 0.306 e. The zero-order valence-electron chi connectivity index (χ0n) is 16.6. The zero-order chi connectivity index (χ0) is 19.8. The number of carboxylic acid groups (broad SMARTS) is 1. The maximum absolute atomic E-state index is 11.7. The molecule has 0 fully saturated rings. The van der Waals surface area contributed by atoms with Crippen LogP contribution in [0.15, 0.2) is 12.1 Å². The molecule has 0 bridgehead atoms. The lowest BCUT2D eigenvalue weighted by atomic mass is 9.76. The lowest BCUT2D eigenvalue weighted by Crippen LogP contribution is -2.24. The average Bonchev–Trinajstić information content (AvgIpc) is 2.35. The number of aliphatic carboxylic acids is 1. The van der Waals surface area contributed by atoms with E-state index in [2.05, 4.69) is 20.8 Å². The predicted octanol–water partition coefficient (Wildman–Crippen LogP) is 5.11. The molecule has 1 atom stereocenters. The van der Waals surface area contributed by atoms with E-state index >= 15 is 0 Å². The van der Waals surface area contributed by atoms with E-state index in [-0.39, 0.29) is 10.8 Å². The van der Waals surface area contributed by atoms with Gasteiger partial charge in [-0.25, -0.2) is 0 Å². The third-order valence-electron chi connectivity index (χ3n) is 4.30. The number of phenolic OH excluding ortho intramolecular Hbond substituents is 1. The Bertz CT molecular complexity index is 587. The highest BCUT2D eigenvalue weighted by Gasteiger charge is 2.29. The fourth-order valence-electron chi connectivity index (χ4n) is 3.01. The number of benzene rings is 1. The molecule has 1 aromatic rings. The summed E-state index contributed by atoms with van der Waals surface area (Å²) in [4.78, 5) is 11.7. The third kappa shape index (κ3) is 6.05. The molecule has 0 aliphatic rings. The van der Waals surface area contributed by atoms with Crippen molar-refractivity contribution in [2.75, 3.05) is 0 Å². The second-order valence-electron chi connectivity index (χ2n) is 9.48. The van der Waals surface area contributed by atoms with Crippen molar-refractivity contribution >= 4 is 5.97 Å². The van der Waals surface area contributed by atoms with Gasteiger partial charge in [-0.05, 0) is 66.5 Å². The Labute approximate surface area is 153 Å². The highest BCUT2D eigenvalue weighted by molar-refractivity contribution is 5.70. The van der Waals surface area contributed by atoms with Crippen molar-refractivity contribution in [1.29, 1.82) is 0 Å². The average molecular weight is 346 g/mol. The Morgan fingerprint density at radius 1 is 1.00 bits per heavy atom. The zero-order valence-corrected chi connectivity index (χ0v) is 16.6. The van der Waals surface area contributed by atoms with Crippen LogP contribution in [0.4, 0.5) is 0 Å². The molecule has 25 heavy (non-hydrogen) atoms. The number of carbonyl (C=O) groups is 1. The molecule has 0 spiro atoms. The molecule has 0 aliphatic heterocycles. The van der Waals surface area contributed by atoms with Crippen LogP contribution in [0.3, 0.4) is 0 Å². The van der Waals surface area contributed by atoms with Gasteiger partial charge in [0.2, 0.25) is 0 Å². The van der Waals surface area contributed by atoms with Crippen molar-refractivity contribution in [2.24, 2.45) is 11.3 Å². The number of rotatable bonds is 5. The number of phenols is 1. The van der Waals surface area contributed by atoms with E-state index in [9.17, 15) is 15.0 Å². The SMILES string of the molecule is [CH2]C([CH2])([CH2])CC(Cc1cc(C(C)(C)C)c(O)c(C(C)(C)C)c1)C(=O)O. The van der Waals surface area contributed by atoms with Crippen LogP contribution in [0, 0.1) is 32.1 Å². The molecule has 1 aromatic carbocycles. The Morgan fingerprint density at radius 2 is 1.40 bits per heavy atom. The minimum Gasteiger partial charge on any atom is -0.507 e. The molecule has 0 aromatic heterocycles. The lowest BCUT2D eigenvalue weighted by molar-refractivity contribution is -0.142. The third-order valence-corrected chi connectivity index (χ3v) is 4.30. The maximum atomic E-state index is 11.7. The van der Waals surface area contributed by atoms with Crippen LogP contribution < -0.4 is 0 Å². The second kappa shape index (κ2) is 7.01. The summed E-state index contributed by atoms with van der Waals surface area (Å²) in [5.74, 6) is -1.18. The highest BCUT2D eigenvalue weighted by atomic mass is 16.4. The summed E-state index contributed by atoms with van der Waals surface area (Å²) >= 11 is 0. The minimum atomic E-state index is -0.872. The van der Waals surface area contributed by atoms with Crippen molar-refractivity contribution in [1.82, 2.24) is 0 Å². The van der Waals surface area contributed by atoms with E-state index in [4.69, 9.17) is 0 Å². The number of hydrogen-bond donors (Lipinski definition) is 2. The Kier molecular flexibility index (Phi) is 6.04. The van der Waals surface area contributed by atoms with Gasteiger partial charge >= 0.3 is 5.97 Å². The Balaban J connectivity index is 3.42. The summed E-state index contributed by atoms with van der Waals surface area (Å²) in [7, 11) is 0. The first-order chi connectivity index (χ1) is 11.0. The summed E-state index contributed by atoms with van der Waals surface area (Å²) in [5.41, 5.74) is 1.30. The Hall–Kier alpha value is -1.51. The highest BCUT2D eigenvalue weighted by Crippen LogP contribution is 2.40. The fraction of sp³-hybridized carbons (Fsp3) is 0.545. The maximum Gasteiger partial charge on any atom is 0.306 e. The molecule has 0 aliphatic carbocycles. The van der Waals surface area contributed by atoms with Gasteiger partial charge in [-0.3, -0.25) is 4.79 Å². The van der Waals surface area contributed by atoms with Crippen LogP contribution in [-0.2, 0) is 22.0 Å². The number of carboxylic acids is 1. The van der Waals surface area contributed by atoms with Gasteiger partial charge in [-0.15, -0.1) is 0 Å². The number of hydrogen-bond acceptors (Lipinski definition) is 2. The predicted molar refractivity (Wildman–Crippen MR) is 103 cm³/mol. The summed E-state index contributed by atoms with van der Waals surface area (Å²) in [6.45, 7) is 23.8. The molecule has 3 radical (unpaired) electrons. The largest absolute Gasteiger partial charge is 0.507 e. The monoisotopic (exact) mass is 345 g/mol. The summed E-state index contributed by atoms with van der Waals surface area (Å²) in [6.07, 6.45) is 0.656. The number of aromatic hydroxyl groups is 1. The van der Waals surface area contributed by atoms with E-state index in [0.717, 1.165) is 16.7 Å². The molecule has 0 heterocycles. The molecular formula is C22H33O3. The van der Waals surface area contributed by atoms with E-state index in [1.807, 2.05) is 53.7 Å². The topological polar surface area (TPSA) is 57.5 Å². The lowest BCUT2D eigenvalue weighted by Gasteiger charge is -2.29. The first-order valence-corrected chi connectivity index (χ1v) is 8.68. The molecule has 139 valence electrons. The van der Waals surface area contributed by atoms with Crippen molar-refractivity contribution in [2.45, 2.75) is 65.2 Å². The summed E-state index contributed by atoms with van der Waals surface area (Å²) in [5, 5.41) is 20.3. The van der Waals surface area contributed by atoms with Gasteiger partial charge in [0.15, 0.2) is 0 Å². The first-order valence-electron chi connectivity index (χ1n) is 8.68. The van der Waals surface area contributed by atoms with Crippen LogP contribution in [0.2, 0.25) is 0 Å². The van der Waals surface area contributed by atoms with Gasteiger partial charge in [0.1, 0.15) is 5.75 Å². The molecule has 0 saturated carbocycles. The molecule has 3 heteroatoms. The van der Waals surface area contributed by atoms with E-state index in [1.165, 1.54) is 0 Å². The van der Waals surface area contributed by atoms with Gasteiger partial charge in [-0.2, -0.15) is 0 Å². The fourth-order valence-corrected chi connectivity index (χ4v) is 3.01. The van der Waals surface area contributed by atoms with E-state index in [1.54, 1.807) is 0 Å². The van der Waals surface area contributed by atoms with Gasteiger partial charge in [0.25, 0.3) is 0 Å². The van der Waals surface area contributed by atoms with E-state index < -0.39 is 17.3 Å². The van der Waals surface area contributed by atoms with Gasteiger partial charge in [0, 0.05) is 0 Å². The normalized spacial score (nSPS) is 14.4. The molecule has 2 N–H and O–H groups in total. The van der Waals surface area contributed by atoms with E-state index in [0.29, 0.717) is 18.6 Å². The van der Waals surface area contributed by atoms with Gasteiger partial charge in [0.05, 0.1) is 5.92 Å². The standard InChI is InChI=1S/C22H33O3/c1-20(2,3)13-15(19(24)25)10-14-11-16(21(4,5)6)18(23)17(12-14)22(7,8)9/h11-12,15,23H,1-3,10,13H2,4-9H3,(H,24,25). The quantitative estimate of drug-likeness (QED) is 0.779. The molecule has 1 rings (SSSR count). The van der Waals surface area contributed by atoms with Crippen molar-refractivity contribution < 1.29 is 15.0 Å².